The van der Waals surface area contributed by atoms with Crippen LogP contribution < -0.4 is 5.32 Å². The Kier molecular flexibility index (Phi) is 6.80. The summed E-state index contributed by atoms with van der Waals surface area (Å²) in [6.07, 6.45) is 4.47. The number of nitrogens with zero attached hydrogens (tertiary/aromatic N) is 1. The first-order valence-electron chi connectivity index (χ1n) is 7.54. The van der Waals surface area contributed by atoms with Crippen LogP contribution in [0.25, 0.3) is 0 Å². The predicted molar refractivity (Wildman–Crippen MR) is 78.2 cm³/mol. The van der Waals surface area contributed by atoms with Gasteiger partial charge in [0.2, 0.25) is 0 Å². The van der Waals surface area contributed by atoms with Crippen LogP contribution in [-0.2, 0) is 9.53 Å². The predicted octanol–water partition coefficient (Wildman–Crippen LogP) is 2.18. The summed E-state index contributed by atoms with van der Waals surface area (Å²) >= 11 is 0. The molecular formula is C15H30N2O2. The van der Waals surface area contributed by atoms with E-state index in [2.05, 4.69) is 17.1 Å². The molecule has 1 atom stereocenters. The average molecular weight is 270 g/mol. The van der Waals surface area contributed by atoms with Crippen molar-refractivity contribution in [3.63, 3.8) is 0 Å². The molecule has 0 aromatic rings. The first-order valence-corrected chi connectivity index (χ1v) is 7.54. The van der Waals surface area contributed by atoms with E-state index in [0.29, 0.717) is 19.0 Å². The number of carbonyl (C=O) groups excluding carboxylic acids is 1. The van der Waals surface area contributed by atoms with Gasteiger partial charge in [-0.3, -0.25) is 4.79 Å². The summed E-state index contributed by atoms with van der Waals surface area (Å²) in [5.41, 5.74) is -0.378. The van der Waals surface area contributed by atoms with Crippen LogP contribution in [0.1, 0.15) is 53.4 Å². The molecule has 1 aliphatic rings. The van der Waals surface area contributed by atoms with E-state index in [9.17, 15) is 4.79 Å². The maximum absolute atomic E-state index is 11.6. The Morgan fingerprint density at radius 1 is 1.26 bits per heavy atom. The highest BCUT2D eigenvalue weighted by atomic mass is 16.6. The molecular weight excluding hydrogens is 240 g/mol. The number of carbonyl (C=O) groups is 1. The van der Waals surface area contributed by atoms with E-state index < -0.39 is 0 Å². The molecule has 0 spiro atoms. The fourth-order valence-corrected chi connectivity index (χ4v) is 2.41. The summed E-state index contributed by atoms with van der Waals surface area (Å²) in [4.78, 5) is 14.1. The summed E-state index contributed by atoms with van der Waals surface area (Å²) < 4.78 is 5.28. The second-order valence-corrected chi connectivity index (χ2v) is 6.55. The van der Waals surface area contributed by atoms with E-state index in [-0.39, 0.29) is 11.6 Å². The van der Waals surface area contributed by atoms with Gasteiger partial charge in [-0.2, -0.15) is 0 Å². The summed E-state index contributed by atoms with van der Waals surface area (Å²) in [6.45, 7) is 12.1. The fourth-order valence-electron chi connectivity index (χ4n) is 2.41. The Morgan fingerprint density at radius 2 is 1.89 bits per heavy atom. The fraction of sp³-hybridized carbons (Fsp3) is 0.933. The van der Waals surface area contributed by atoms with Crippen molar-refractivity contribution in [1.82, 2.24) is 10.2 Å². The van der Waals surface area contributed by atoms with E-state index >= 15 is 0 Å². The maximum atomic E-state index is 11.6. The normalized spacial score (nSPS) is 19.2. The van der Waals surface area contributed by atoms with Crippen LogP contribution in [0, 0.1) is 0 Å². The van der Waals surface area contributed by atoms with Crippen molar-refractivity contribution in [2.75, 3.05) is 26.2 Å². The Hall–Kier alpha value is -0.610. The standard InChI is InChI=1S/C15H30N2O2/c1-13(12-17-10-6-5-7-11-17)16-9-8-14(18)19-15(2,3)4/h13,16H,5-12H2,1-4H3. The van der Waals surface area contributed by atoms with Gasteiger partial charge in [0.05, 0.1) is 6.42 Å². The quantitative estimate of drug-likeness (QED) is 0.751. The summed E-state index contributed by atoms with van der Waals surface area (Å²) in [6, 6.07) is 0.431. The van der Waals surface area contributed by atoms with Gasteiger partial charge in [0, 0.05) is 19.1 Å². The lowest BCUT2D eigenvalue weighted by molar-refractivity contribution is -0.154. The van der Waals surface area contributed by atoms with Gasteiger partial charge in [0.15, 0.2) is 0 Å². The topological polar surface area (TPSA) is 41.6 Å². The summed E-state index contributed by atoms with van der Waals surface area (Å²) in [5.74, 6) is -0.120. The molecule has 0 aromatic carbocycles. The first-order chi connectivity index (χ1) is 8.87. The van der Waals surface area contributed by atoms with Gasteiger partial charge in [0.1, 0.15) is 5.60 Å². The zero-order valence-electron chi connectivity index (χ0n) is 13.0. The molecule has 1 fully saturated rings. The minimum Gasteiger partial charge on any atom is -0.460 e. The zero-order valence-corrected chi connectivity index (χ0v) is 13.0. The average Bonchev–Trinajstić information content (AvgIpc) is 2.27. The smallest absolute Gasteiger partial charge is 0.307 e. The van der Waals surface area contributed by atoms with Gasteiger partial charge in [-0.15, -0.1) is 0 Å². The van der Waals surface area contributed by atoms with E-state index in [0.717, 1.165) is 6.54 Å². The molecule has 0 aromatic heterocycles. The van der Waals surface area contributed by atoms with Crippen molar-refractivity contribution in [1.29, 1.82) is 0 Å². The molecule has 112 valence electrons. The van der Waals surface area contributed by atoms with Crippen molar-refractivity contribution < 1.29 is 9.53 Å². The molecule has 4 heteroatoms. The first kappa shape index (κ1) is 16.4. The lowest BCUT2D eigenvalue weighted by Crippen LogP contribution is -2.42. The number of piperidine rings is 1. The molecule has 1 rings (SSSR count). The summed E-state index contributed by atoms with van der Waals surface area (Å²) in [5, 5.41) is 3.40. The van der Waals surface area contributed by atoms with Crippen molar-refractivity contribution in [2.24, 2.45) is 0 Å². The lowest BCUT2D eigenvalue weighted by atomic mass is 10.1. The molecule has 0 radical (unpaired) electrons. The highest BCUT2D eigenvalue weighted by Crippen LogP contribution is 2.09. The number of likely N-dealkylation sites (tertiary alicyclic amines) is 1. The van der Waals surface area contributed by atoms with Gasteiger partial charge < -0.3 is 15.0 Å². The number of esters is 1. The molecule has 0 amide bonds. The van der Waals surface area contributed by atoms with E-state index in [1.54, 1.807) is 0 Å². The van der Waals surface area contributed by atoms with Crippen LogP contribution in [0.2, 0.25) is 0 Å². The monoisotopic (exact) mass is 270 g/mol. The molecule has 1 unspecified atom stereocenters. The Morgan fingerprint density at radius 3 is 2.47 bits per heavy atom. The molecule has 1 aliphatic heterocycles. The number of nitrogens with one attached hydrogen (secondary N) is 1. The van der Waals surface area contributed by atoms with Crippen molar-refractivity contribution in [3.8, 4) is 0 Å². The van der Waals surface area contributed by atoms with Crippen molar-refractivity contribution in [3.05, 3.63) is 0 Å². The SMILES string of the molecule is CC(CN1CCCCC1)NCCC(=O)OC(C)(C)C. The van der Waals surface area contributed by atoms with Crippen LogP contribution in [0.15, 0.2) is 0 Å². The zero-order chi connectivity index (χ0) is 14.3. The number of rotatable bonds is 6. The highest BCUT2D eigenvalue weighted by Gasteiger charge is 2.16. The largest absolute Gasteiger partial charge is 0.460 e. The number of ether oxygens (including phenoxy) is 1. The van der Waals surface area contributed by atoms with Gasteiger partial charge in [-0.25, -0.2) is 0 Å². The molecule has 1 heterocycles. The van der Waals surface area contributed by atoms with Gasteiger partial charge in [-0.1, -0.05) is 6.42 Å². The van der Waals surface area contributed by atoms with E-state index in [1.165, 1.54) is 32.4 Å². The maximum Gasteiger partial charge on any atom is 0.307 e. The molecule has 0 aliphatic carbocycles. The lowest BCUT2D eigenvalue weighted by Gasteiger charge is -2.29. The molecule has 0 bridgehead atoms. The Labute approximate surface area is 117 Å². The molecule has 0 saturated carbocycles. The summed E-state index contributed by atoms with van der Waals surface area (Å²) in [7, 11) is 0. The number of hydrogen-bond acceptors (Lipinski definition) is 4. The second-order valence-electron chi connectivity index (χ2n) is 6.55. The third-order valence-corrected chi connectivity index (χ3v) is 3.22. The van der Waals surface area contributed by atoms with E-state index in [4.69, 9.17) is 4.74 Å². The Balaban J connectivity index is 2.09. The molecule has 4 nitrogen and oxygen atoms in total. The van der Waals surface area contributed by atoms with Crippen LogP contribution in [0.3, 0.4) is 0 Å². The molecule has 19 heavy (non-hydrogen) atoms. The third-order valence-electron chi connectivity index (χ3n) is 3.22. The second kappa shape index (κ2) is 7.85. The molecule has 1 N–H and O–H groups in total. The van der Waals surface area contributed by atoms with E-state index in [1.807, 2.05) is 20.8 Å². The van der Waals surface area contributed by atoms with Gasteiger partial charge in [0.25, 0.3) is 0 Å². The van der Waals surface area contributed by atoms with Crippen LogP contribution >= 0.6 is 0 Å². The van der Waals surface area contributed by atoms with Crippen molar-refractivity contribution in [2.45, 2.75) is 65.0 Å². The van der Waals surface area contributed by atoms with Crippen molar-refractivity contribution >= 4 is 5.97 Å². The van der Waals surface area contributed by atoms with Crippen LogP contribution in [-0.4, -0.2) is 48.7 Å². The highest BCUT2D eigenvalue weighted by molar-refractivity contribution is 5.70. The third kappa shape index (κ3) is 8.22. The minimum absolute atomic E-state index is 0.120. The number of hydrogen-bond donors (Lipinski definition) is 1. The Bertz CT molecular complexity index is 268. The minimum atomic E-state index is -0.378. The van der Waals surface area contributed by atoms with Gasteiger partial charge >= 0.3 is 5.97 Å². The van der Waals surface area contributed by atoms with Crippen LogP contribution in [0.5, 0.6) is 0 Å². The van der Waals surface area contributed by atoms with Gasteiger partial charge in [-0.05, 0) is 53.6 Å². The van der Waals surface area contributed by atoms with Crippen LogP contribution in [0.4, 0.5) is 0 Å². The molecule has 1 saturated heterocycles.